The monoisotopic (exact) mass is 317 g/mol. The molecule has 4 nitrogen and oxygen atoms in total. The van der Waals surface area contributed by atoms with Crippen molar-refractivity contribution in [2.75, 3.05) is 5.73 Å². The molecule has 0 aliphatic rings. The molecular formula is C14H12BrN3O. The number of benzene rings is 1. The zero-order valence-electron chi connectivity index (χ0n) is 10.0. The summed E-state index contributed by atoms with van der Waals surface area (Å²) < 4.78 is 1.72. The maximum Gasteiger partial charge on any atom is 0.323 e. The van der Waals surface area contributed by atoms with Gasteiger partial charge in [0, 0.05) is 17.5 Å². The second kappa shape index (κ2) is 5.24. The third-order valence-corrected chi connectivity index (χ3v) is 2.91. The smallest absolute Gasteiger partial charge is 0.323 e. The molecule has 96 valence electrons. The standard InChI is InChI=1S/C14H11N3O.BrH/c15-12-10-6-2-3-7-11(10)16-14(18)13(12)17-8-4-1-5-9-17;/h1-9H,(H2-,15,16,18);1H. The predicted octanol–water partition coefficient (Wildman–Crippen LogP) is -1.61. The van der Waals surface area contributed by atoms with Crippen LogP contribution in [-0.4, -0.2) is 4.98 Å². The Kier molecular flexibility index (Phi) is 3.66. The van der Waals surface area contributed by atoms with Crippen LogP contribution in [0.25, 0.3) is 16.6 Å². The molecule has 2 aromatic heterocycles. The first-order valence-electron chi connectivity index (χ1n) is 5.64. The van der Waals surface area contributed by atoms with Gasteiger partial charge in [-0.1, -0.05) is 24.3 Å². The minimum atomic E-state index is -0.192. The summed E-state index contributed by atoms with van der Waals surface area (Å²) in [4.78, 5) is 14.9. The van der Waals surface area contributed by atoms with Crippen LogP contribution < -0.4 is 32.8 Å². The molecule has 0 fully saturated rings. The van der Waals surface area contributed by atoms with Gasteiger partial charge in [-0.05, 0) is 6.07 Å². The number of hydrogen-bond acceptors (Lipinski definition) is 2. The number of aromatic amines is 1. The molecule has 3 N–H and O–H groups in total. The van der Waals surface area contributed by atoms with E-state index in [1.807, 2.05) is 42.5 Å². The molecule has 3 rings (SSSR count). The number of nitrogens with one attached hydrogen (secondary N) is 1. The van der Waals surface area contributed by atoms with E-state index in [1.54, 1.807) is 17.0 Å². The van der Waals surface area contributed by atoms with Crippen molar-refractivity contribution in [1.29, 1.82) is 0 Å². The topological polar surface area (TPSA) is 62.8 Å². The van der Waals surface area contributed by atoms with Gasteiger partial charge >= 0.3 is 5.56 Å². The van der Waals surface area contributed by atoms with Gasteiger partial charge in [0.05, 0.1) is 5.52 Å². The number of aromatic nitrogens is 2. The van der Waals surface area contributed by atoms with Crippen molar-refractivity contribution in [3.8, 4) is 5.69 Å². The molecule has 1 aromatic carbocycles. The van der Waals surface area contributed by atoms with E-state index in [2.05, 4.69) is 4.98 Å². The molecule has 19 heavy (non-hydrogen) atoms. The van der Waals surface area contributed by atoms with Gasteiger partial charge in [0.2, 0.25) is 0 Å². The number of pyridine rings is 2. The maximum atomic E-state index is 12.1. The summed E-state index contributed by atoms with van der Waals surface area (Å²) >= 11 is 0. The summed E-state index contributed by atoms with van der Waals surface area (Å²) in [6.45, 7) is 0. The lowest BCUT2D eigenvalue weighted by molar-refractivity contribution is -0.595. The highest BCUT2D eigenvalue weighted by Crippen LogP contribution is 2.19. The lowest BCUT2D eigenvalue weighted by Crippen LogP contribution is -3.00. The van der Waals surface area contributed by atoms with Gasteiger partial charge in [-0.3, -0.25) is 4.79 Å². The van der Waals surface area contributed by atoms with Gasteiger partial charge in [-0.15, -0.1) is 0 Å². The fourth-order valence-electron chi connectivity index (χ4n) is 2.06. The Hall–Kier alpha value is -2.14. The van der Waals surface area contributed by atoms with Crippen molar-refractivity contribution in [3.05, 3.63) is 65.2 Å². The summed E-state index contributed by atoms with van der Waals surface area (Å²) in [5.74, 6) is 0. The molecule has 0 aliphatic heterocycles. The predicted molar refractivity (Wildman–Crippen MR) is 70.5 cm³/mol. The van der Waals surface area contributed by atoms with Gasteiger partial charge < -0.3 is 27.7 Å². The van der Waals surface area contributed by atoms with Crippen LogP contribution in [0.4, 0.5) is 5.69 Å². The zero-order valence-corrected chi connectivity index (χ0v) is 11.6. The van der Waals surface area contributed by atoms with Crippen molar-refractivity contribution in [1.82, 2.24) is 4.98 Å². The van der Waals surface area contributed by atoms with Crippen molar-refractivity contribution in [3.63, 3.8) is 0 Å². The number of H-pyrrole nitrogens is 1. The quantitative estimate of drug-likeness (QED) is 0.531. The van der Waals surface area contributed by atoms with E-state index in [-0.39, 0.29) is 22.5 Å². The van der Waals surface area contributed by atoms with E-state index in [0.29, 0.717) is 11.4 Å². The molecule has 0 atom stereocenters. The van der Waals surface area contributed by atoms with Crippen LogP contribution in [0, 0.1) is 0 Å². The molecule has 0 aliphatic carbocycles. The SMILES string of the molecule is Nc1c(-[n+]2ccccc2)c(=O)[nH]c2ccccc12.[Br-]. The highest BCUT2D eigenvalue weighted by molar-refractivity contribution is 5.92. The number of rotatable bonds is 1. The summed E-state index contributed by atoms with van der Waals surface area (Å²) in [6, 6.07) is 13.1. The number of fused-ring (bicyclic) bond motifs is 1. The Balaban J connectivity index is 0.00000133. The fraction of sp³-hybridized carbons (Fsp3) is 0. The molecule has 0 saturated carbocycles. The number of nitrogens with zero attached hydrogens (tertiary/aromatic N) is 1. The molecule has 0 spiro atoms. The largest absolute Gasteiger partial charge is 1.00 e. The number of hydrogen-bond donors (Lipinski definition) is 2. The van der Waals surface area contributed by atoms with E-state index in [4.69, 9.17) is 5.73 Å². The molecule has 0 amide bonds. The highest BCUT2D eigenvalue weighted by atomic mass is 79.9. The minimum absolute atomic E-state index is 0. The number of nitrogens with two attached hydrogens (primary N) is 1. The summed E-state index contributed by atoms with van der Waals surface area (Å²) in [7, 11) is 0. The first kappa shape index (κ1) is 13.3. The zero-order chi connectivity index (χ0) is 12.5. The Morgan fingerprint density at radius 3 is 2.42 bits per heavy atom. The van der Waals surface area contributed by atoms with E-state index in [9.17, 15) is 4.79 Å². The second-order valence-corrected chi connectivity index (χ2v) is 4.04. The summed E-state index contributed by atoms with van der Waals surface area (Å²) in [5, 5.41) is 0.850. The van der Waals surface area contributed by atoms with Gasteiger partial charge in [0.25, 0.3) is 5.69 Å². The molecule has 0 bridgehead atoms. The number of nitrogen functional groups attached to an aromatic ring is 1. The first-order chi connectivity index (χ1) is 8.77. The molecule has 2 heterocycles. The normalized spacial score (nSPS) is 10.1. The molecule has 0 saturated heterocycles. The first-order valence-corrected chi connectivity index (χ1v) is 5.64. The Labute approximate surface area is 120 Å². The number of para-hydroxylation sites is 1. The molecule has 5 heteroatoms. The second-order valence-electron chi connectivity index (χ2n) is 4.04. The Morgan fingerprint density at radius 1 is 1.00 bits per heavy atom. The van der Waals surface area contributed by atoms with E-state index in [0.717, 1.165) is 10.9 Å². The molecule has 0 unspecified atom stereocenters. The Bertz CT molecular complexity index is 768. The third kappa shape index (κ3) is 2.24. The van der Waals surface area contributed by atoms with Crippen LogP contribution in [-0.2, 0) is 0 Å². The molecule has 3 aromatic rings. The van der Waals surface area contributed by atoms with Gasteiger partial charge in [0.1, 0.15) is 5.69 Å². The van der Waals surface area contributed by atoms with Crippen molar-refractivity contribution >= 4 is 16.6 Å². The van der Waals surface area contributed by atoms with E-state index < -0.39 is 0 Å². The number of halogens is 1. The van der Waals surface area contributed by atoms with Crippen LogP contribution >= 0.6 is 0 Å². The van der Waals surface area contributed by atoms with Crippen molar-refractivity contribution in [2.24, 2.45) is 0 Å². The number of anilines is 1. The van der Waals surface area contributed by atoms with Crippen LogP contribution in [0.2, 0.25) is 0 Å². The summed E-state index contributed by atoms with van der Waals surface area (Å²) in [6.07, 6.45) is 3.60. The Morgan fingerprint density at radius 2 is 1.68 bits per heavy atom. The molecular weight excluding hydrogens is 306 g/mol. The maximum absolute atomic E-state index is 12.1. The van der Waals surface area contributed by atoms with Crippen molar-refractivity contribution < 1.29 is 21.5 Å². The van der Waals surface area contributed by atoms with Crippen LogP contribution in [0.3, 0.4) is 0 Å². The van der Waals surface area contributed by atoms with E-state index in [1.165, 1.54) is 0 Å². The average Bonchev–Trinajstić information content (AvgIpc) is 2.40. The van der Waals surface area contributed by atoms with Crippen LogP contribution in [0.1, 0.15) is 0 Å². The lowest BCUT2D eigenvalue weighted by Gasteiger charge is -2.03. The molecule has 0 radical (unpaired) electrons. The van der Waals surface area contributed by atoms with E-state index >= 15 is 0 Å². The highest BCUT2D eigenvalue weighted by Gasteiger charge is 2.18. The lowest BCUT2D eigenvalue weighted by atomic mass is 10.1. The van der Waals surface area contributed by atoms with Gasteiger partial charge in [-0.2, -0.15) is 4.57 Å². The van der Waals surface area contributed by atoms with Gasteiger partial charge in [0.15, 0.2) is 12.4 Å². The van der Waals surface area contributed by atoms with Crippen molar-refractivity contribution in [2.45, 2.75) is 0 Å². The van der Waals surface area contributed by atoms with Crippen LogP contribution in [0.5, 0.6) is 0 Å². The fourth-order valence-corrected chi connectivity index (χ4v) is 2.06. The third-order valence-electron chi connectivity index (χ3n) is 2.91. The average molecular weight is 318 g/mol. The minimum Gasteiger partial charge on any atom is -1.00 e. The van der Waals surface area contributed by atoms with Gasteiger partial charge in [-0.25, -0.2) is 0 Å². The van der Waals surface area contributed by atoms with Crippen LogP contribution in [0.15, 0.2) is 59.7 Å². The summed E-state index contributed by atoms with van der Waals surface area (Å²) in [5.41, 5.74) is 7.61.